The van der Waals surface area contributed by atoms with E-state index >= 15 is 0 Å². The van der Waals surface area contributed by atoms with Crippen LogP contribution >= 0.6 is 0 Å². The van der Waals surface area contributed by atoms with Crippen LogP contribution < -0.4 is 10.6 Å². The molecular formula is C16H19N5O4. The van der Waals surface area contributed by atoms with Gasteiger partial charge in [-0.3, -0.25) is 5.32 Å². The fourth-order valence-corrected chi connectivity index (χ4v) is 2.64. The summed E-state index contributed by atoms with van der Waals surface area (Å²) in [4.78, 5) is 12.1. The molecule has 0 radical (unpaired) electrons. The van der Waals surface area contributed by atoms with Crippen LogP contribution in [0.15, 0.2) is 10.7 Å². The number of rotatable bonds is 2. The molecule has 0 spiro atoms. The highest BCUT2D eigenvalue weighted by Gasteiger charge is 2.27. The van der Waals surface area contributed by atoms with E-state index in [1.54, 1.807) is 20.8 Å². The van der Waals surface area contributed by atoms with Crippen molar-refractivity contribution in [1.82, 2.24) is 15.6 Å². The van der Waals surface area contributed by atoms with Crippen LogP contribution in [0.4, 0.5) is 10.5 Å². The fourth-order valence-electron chi connectivity index (χ4n) is 2.64. The number of amides is 1. The molecular weight excluding hydrogens is 326 g/mol. The lowest BCUT2D eigenvalue weighted by Crippen LogP contribution is -2.34. The maximum atomic E-state index is 12.1. The number of carbonyl (C=O) groups excluding carboxylic acids is 1. The van der Waals surface area contributed by atoms with E-state index in [0.29, 0.717) is 41.0 Å². The number of nitrogens with one attached hydrogen (secondary N) is 2. The average Bonchev–Trinajstić information content (AvgIpc) is 3.03. The Balaban J connectivity index is 2.00. The molecule has 1 aromatic carbocycles. The van der Waals surface area contributed by atoms with Crippen LogP contribution in [0, 0.1) is 11.3 Å². The van der Waals surface area contributed by atoms with E-state index in [4.69, 9.17) is 14.1 Å². The number of aromatic nitrogens is 2. The van der Waals surface area contributed by atoms with Crippen LogP contribution in [-0.2, 0) is 9.47 Å². The summed E-state index contributed by atoms with van der Waals surface area (Å²) in [5, 5.41) is 23.1. The van der Waals surface area contributed by atoms with Crippen molar-refractivity contribution in [3.05, 3.63) is 17.2 Å². The largest absolute Gasteiger partial charge is 0.444 e. The lowest BCUT2D eigenvalue weighted by Gasteiger charge is -2.25. The Bertz CT molecular complexity index is 827. The van der Waals surface area contributed by atoms with Crippen molar-refractivity contribution in [2.24, 2.45) is 0 Å². The van der Waals surface area contributed by atoms with Crippen molar-refractivity contribution in [3.8, 4) is 6.07 Å². The fraction of sp³-hybridized carbons (Fsp3) is 0.500. The van der Waals surface area contributed by atoms with Crippen LogP contribution in [0.1, 0.15) is 38.0 Å². The molecule has 1 fully saturated rings. The Kier molecular flexibility index (Phi) is 4.57. The van der Waals surface area contributed by atoms with Crippen molar-refractivity contribution in [2.45, 2.75) is 32.5 Å². The zero-order chi connectivity index (χ0) is 18.0. The summed E-state index contributed by atoms with van der Waals surface area (Å²) >= 11 is 0. The minimum absolute atomic E-state index is 0.301. The molecule has 2 heterocycles. The second kappa shape index (κ2) is 6.66. The van der Waals surface area contributed by atoms with Gasteiger partial charge >= 0.3 is 6.09 Å². The van der Waals surface area contributed by atoms with Crippen molar-refractivity contribution in [3.63, 3.8) is 0 Å². The van der Waals surface area contributed by atoms with E-state index in [0.717, 1.165) is 6.54 Å². The summed E-state index contributed by atoms with van der Waals surface area (Å²) in [6.07, 6.45) is -0.989. The van der Waals surface area contributed by atoms with Gasteiger partial charge in [0, 0.05) is 18.7 Å². The Morgan fingerprint density at radius 1 is 1.44 bits per heavy atom. The maximum Gasteiger partial charge on any atom is 0.412 e. The lowest BCUT2D eigenvalue weighted by atomic mass is 9.99. The van der Waals surface area contributed by atoms with Gasteiger partial charge in [0.2, 0.25) is 0 Å². The second-order valence-electron chi connectivity index (χ2n) is 6.65. The molecule has 2 N–H and O–H groups in total. The zero-order valence-electron chi connectivity index (χ0n) is 14.3. The van der Waals surface area contributed by atoms with Gasteiger partial charge in [-0.05, 0) is 37.2 Å². The molecule has 132 valence electrons. The topological polar surface area (TPSA) is 122 Å². The number of anilines is 1. The first kappa shape index (κ1) is 17.1. The number of ether oxygens (including phenoxy) is 2. The summed E-state index contributed by atoms with van der Waals surface area (Å²) in [5.74, 6) is 0. The van der Waals surface area contributed by atoms with Gasteiger partial charge in [-0.15, -0.1) is 0 Å². The number of carbonyl (C=O) groups is 1. The third-order valence-corrected chi connectivity index (χ3v) is 3.58. The van der Waals surface area contributed by atoms with Crippen LogP contribution in [0.2, 0.25) is 0 Å². The van der Waals surface area contributed by atoms with E-state index in [-0.39, 0.29) is 6.10 Å². The van der Waals surface area contributed by atoms with E-state index in [2.05, 4.69) is 27.0 Å². The average molecular weight is 345 g/mol. The normalized spacial score (nSPS) is 17.9. The highest BCUT2D eigenvalue weighted by molar-refractivity contribution is 5.98. The highest BCUT2D eigenvalue weighted by Crippen LogP contribution is 2.33. The molecule has 1 aliphatic heterocycles. The first-order chi connectivity index (χ1) is 11.9. The van der Waals surface area contributed by atoms with Crippen LogP contribution in [0.5, 0.6) is 0 Å². The smallest absolute Gasteiger partial charge is 0.412 e. The Morgan fingerprint density at radius 2 is 2.20 bits per heavy atom. The third kappa shape index (κ3) is 3.70. The second-order valence-corrected chi connectivity index (χ2v) is 6.65. The van der Waals surface area contributed by atoms with Crippen LogP contribution in [0.25, 0.3) is 11.0 Å². The summed E-state index contributed by atoms with van der Waals surface area (Å²) in [6, 6.07) is 3.66. The molecule has 0 aliphatic carbocycles. The number of nitriles is 1. The number of benzene rings is 1. The van der Waals surface area contributed by atoms with Gasteiger partial charge in [0.15, 0.2) is 5.52 Å². The zero-order valence-corrected chi connectivity index (χ0v) is 14.3. The lowest BCUT2D eigenvalue weighted by molar-refractivity contribution is 0.0282. The van der Waals surface area contributed by atoms with Crippen molar-refractivity contribution in [2.75, 3.05) is 25.0 Å². The van der Waals surface area contributed by atoms with Gasteiger partial charge in [-0.25, -0.2) is 9.42 Å². The van der Waals surface area contributed by atoms with Gasteiger partial charge < -0.3 is 14.8 Å². The molecule has 25 heavy (non-hydrogen) atoms. The molecule has 0 saturated carbocycles. The summed E-state index contributed by atoms with van der Waals surface area (Å²) in [6.45, 7) is 7.11. The molecule has 3 rings (SSSR count). The number of morpholine rings is 1. The molecule has 1 aromatic heterocycles. The molecule has 1 aliphatic rings. The summed E-state index contributed by atoms with van der Waals surface area (Å²) in [5.41, 5.74) is 1.32. The van der Waals surface area contributed by atoms with Crippen LogP contribution in [-0.4, -0.2) is 41.7 Å². The van der Waals surface area contributed by atoms with Crippen LogP contribution in [0.3, 0.4) is 0 Å². The molecule has 0 bridgehead atoms. The number of hydrogen-bond acceptors (Lipinski definition) is 8. The molecule has 9 heteroatoms. The molecule has 1 amide bonds. The van der Waals surface area contributed by atoms with E-state index in [9.17, 15) is 10.1 Å². The molecule has 1 saturated heterocycles. The van der Waals surface area contributed by atoms with Crippen molar-refractivity contribution >= 4 is 22.8 Å². The SMILES string of the molecule is CC(C)(C)OC(=O)Nc1cc(C#N)c(C2CNCCO2)c2nonc12. The Morgan fingerprint density at radius 3 is 2.84 bits per heavy atom. The van der Waals surface area contributed by atoms with Crippen molar-refractivity contribution < 1.29 is 18.9 Å². The standard InChI is InChI=1S/C16H19N5O4/c1-16(2,3)24-15(22)19-10-6-9(7-17)12(11-8-18-4-5-23-11)14-13(10)20-25-21-14/h6,11,18H,4-5,8H2,1-3H3,(H,19,22). The van der Waals surface area contributed by atoms with E-state index < -0.39 is 11.7 Å². The van der Waals surface area contributed by atoms with Gasteiger partial charge in [0.1, 0.15) is 11.1 Å². The number of hydrogen-bond donors (Lipinski definition) is 2. The molecule has 1 atom stereocenters. The minimum Gasteiger partial charge on any atom is -0.444 e. The number of nitrogens with zero attached hydrogens (tertiary/aromatic N) is 3. The summed E-state index contributed by atoms with van der Waals surface area (Å²) in [7, 11) is 0. The molecule has 1 unspecified atom stereocenters. The van der Waals surface area contributed by atoms with Crippen molar-refractivity contribution in [1.29, 1.82) is 5.26 Å². The van der Waals surface area contributed by atoms with E-state index in [1.165, 1.54) is 6.07 Å². The maximum absolute atomic E-state index is 12.1. The number of fused-ring (bicyclic) bond motifs is 1. The first-order valence-corrected chi connectivity index (χ1v) is 7.90. The minimum atomic E-state index is -0.649. The van der Waals surface area contributed by atoms with Gasteiger partial charge in [0.05, 0.1) is 30.0 Å². The monoisotopic (exact) mass is 345 g/mol. The first-order valence-electron chi connectivity index (χ1n) is 7.90. The Labute approximate surface area is 144 Å². The van der Waals surface area contributed by atoms with Gasteiger partial charge in [-0.2, -0.15) is 5.26 Å². The predicted molar refractivity (Wildman–Crippen MR) is 87.9 cm³/mol. The van der Waals surface area contributed by atoms with Gasteiger partial charge in [-0.1, -0.05) is 0 Å². The molecule has 2 aromatic rings. The highest BCUT2D eigenvalue weighted by atomic mass is 16.6. The summed E-state index contributed by atoms with van der Waals surface area (Å²) < 4.78 is 15.8. The predicted octanol–water partition coefficient (Wildman–Crippen LogP) is 2.10. The van der Waals surface area contributed by atoms with Gasteiger partial charge in [0.25, 0.3) is 0 Å². The quantitative estimate of drug-likeness (QED) is 0.848. The van der Waals surface area contributed by atoms with E-state index in [1.807, 2.05) is 0 Å². The Hall–Kier alpha value is -2.70. The third-order valence-electron chi connectivity index (χ3n) is 3.58. The molecule has 9 nitrogen and oxygen atoms in total.